The first kappa shape index (κ1) is 84.4. The van der Waals surface area contributed by atoms with Crippen molar-refractivity contribution in [1.82, 2.24) is 0 Å². The summed E-state index contributed by atoms with van der Waals surface area (Å²) in [6.45, 7) is 48.7. The first-order chi connectivity index (χ1) is 45.2. The fraction of sp³-hybridized carbons (Fsp3) is 0.448. The molecule has 6 unspecified atom stereocenters. The van der Waals surface area contributed by atoms with E-state index >= 15 is 0 Å². The van der Waals surface area contributed by atoms with Gasteiger partial charge in [-0.15, -0.1) is 0 Å². The maximum Gasteiger partial charge on any atom is 0.454 e. The van der Waals surface area contributed by atoms with Gasteiger partial charge < -0.3 is 23.3 Å². The fourth-order valence-corrected chi connectivity index (χ4v) is 13.3. The first-order valence-corrected chi connectivity index (χ1v) is 42.1. The molecule has 1 heterocycles. The molecule has 96 heavy (non-hydrogen) atoms. The zero-order valence-electron chi connectivity index (χ0n) is 63.7. The predicted molar refractivity (Wildman–Crippen MR) is 428 cm³/mol. The zero-order chi connectivity index (χ0) is 71.8. The number of aliphatic hydroxyl groups is 1. The molecule has 1 N–H and O–H groups in total. The smallest absolute Gasteiger partial charge is 0.454 e. The second kappa shape index (κ2) is 41.6. The quantitative estimate of drug-likeness (QED) is 0.0818. The van der Waals surface area contributed by atoms with Gasteiger partial charge in [-0.3, -0.25) is 0 Å². The molecule has 522 valence electrons. The topological polar surface area (TPSA) is 57.2 Å². The lowest BCUT2D eigenvalue weighted by atomic mass is 9.85. The van der Waals surface area contributed by atoms with Crippen LogP contribution in [0.4, 0.5) is 0 Å². The van der Waals surface area contributed by atoms with E-state index in [9.17, 15) is 0 Å². The van der Waals surface area contributed by atoms with Crippen LogP contribution in [0.1, 0.15) is 224 Å². The van der Waals surface area contributed by atoms with E-state index in [1.165, 1.54) is 77.5 Å². The van der Waals surface area contributed by atoms with Crippen LogP contribution in [0.5, 0.6) is 11.5 Å². The number of benzene rings is 8. The van der Waals surface area contributed by atoms with Crippen LogP contribution in [-0.2, 0) is 9.31 Å². The van der Waals surface area contributed by atoms with Gasteiger partial charge in [-0.2, -0.15) is 0 Å². The molecule has 5 nitrogen and oxygen atoms in total. The second-order valence-electron chi connectivity index (χ2n) is 30.0. The minimum absolute atomic E-state index is 0.0648. The Labute approximate surface area is 597 Å². The Morgan fingerprint density at radius 2 is 0.615 bits per heavy atom. The lowest BCUT2D eigenvalue weighted by molar-refractivity contribution is 0.00578. The standard InChI is InChI=1S/3C18H22.C13H22OSi.C12H19BrOSi.C7H15BO2.CH4O/c3*1-3-16(18-12-8-5-9-13-18)14-15(2)17-10-6-4-7-11-17;1-11-7-9-12(10-8-11)14-15(5,6)13(2,3)4;1-12(2,3)15(4,5)14-11-8-6-10(13)7-9-11;1-6(2)7(3,4)10-8(5)9-6;1-2/h3*4-13,15-16H,3,14H2,1-2H3;7-10H,1-6H3;6-9H,1-5H3;1-5H3;2H,1H3. The van der Waals surface area contributed by atoms with Crippen LogP contribution in [0.2, 0.25) is 43.1 Å². The van der Waals surface area contributed by atoms with Crippen molar-refractivity contribution >= 4 is 39.7 Å². The Kier molecular flexibility index (Phi) is 36.6. The third-order valence-corrected chi connectivity index (χ3v) is 29.1. The van der Waals surface area contributed by atoms with Gasteiger partial charge in [0.2, 0.25) is 16.6 Å². The summed E-state index contributed by atoms with van der Waals surface area (Å²) < 4.78 is 24.5. The van der Waals surface area contributed by atoms with Gasteiger partial charge in [0.05, 0.1) is 11.2 Å². The summed E-state index contributed by atoms with van der Waals surface area (Å²) in [7, 11) is -2.41. The molecule has 6 atom stereocenters. The van der Waals surface area contributed by atoms with E-state index in [1.54, 1.807) is 0 Å². The van der Waals surface area contributed by atoms with E-state index in [4.69, 9.17) is 23.3 Å². The number of rotatable bonds is 19. The Bertz CT molecular complexity index is 2960. The van der Waals surface area contributed by atoms with Gasteiger partial charge in [0, 0.05) is 11.6 Å². The molecule has 8 aromatic rings. The van der Waals surface area contributed by atoms with E-state index in [0.717, 1.165) is 23.1 Å². The number of aliphatic hydroxyl groups excluding tert-OH is 1. The summed E-state index contributed by atoms with van der Waals surface area (Å²) >= 11 is 3.42. The molecule has 0 spiro atoms. The van der Waals surface area contributed by atoms with Gasteiger partial charge >= 0.3 is 7.12 Å². The minimum Gasteiger partial charge on any atom is -0.544 e. The molecule has 0 amide bonds. The highest BCUT2D eigenvalue weighted by Gasteiger charge is 2.49. The number of halogens is 1. The summed E-state index contributed by atoms with van der Waals surface area (Å²) in [5.41, 5.74) is 9.73. The van der Waals surface area contributed by atoms with E-state index in [2.05, 4.69) is 366 Å². The summed E-state index contributed by atoms with van der Waals surface area (Å²) in [5, 5.41) is 7.51. The lowest BCUT2D eigenvalue weighted by Crippen LogP contribution is -2.43. The highest BCUT2D eigenvalue weighted by atomic mass is 79.9. The Morgan fingerprint density at radius 1 is 0.396 bits per heavy atom. The Balaban J connectivity index is 0.000000301. The molecule has 0 aliphatic carbocycles. The SMILES string of the molecule is CB1OC(C)(C)C(C)(C)O1.CC(C)(C)[Si](C)(C)Oc1ccc(Br)cc1.CCC(CC(C)c1ccccc1)c1ccccc1.CCC(CC(C)c1ccccc1)c1ccccc1.CCC(CC(C)c1ccccc1)c1ccccc1.CO.Cc1ccc(O[Si](C)(C)C(C)(C)C)cc1. The summed E-state index contributed by atoms with van der Waals surface area (Å²) in [6, 6.07) is 81.6. The summed E-state index contributed by atoms with van der Waals surface area (Å²) in [6.07, 6.45) is 7.31. The minimum atomic E-state index is -1.68. The zero-order valence-corrected chi connectivity index (χ0v) is 67.3. The normalized spacial score (nSPS) is 15.0. The predicted octanol–water partition coefficient (Wildman–Crippen LogP) is 26.7. The van der Waals surface area contributed by atoms with Crippen LogP contribution in [0, 0.1) is 6.92 Å². The Morgan fingerprint density at radius 3 is 0.812 bits per heavy atom. The van der Waals surface area contributed by atoms with E-state index in [1.807, 2.05) is 31.1 Å². The molecule has 9 heteroatoms. The largest absolute Gasteiger partial charge is 0.544 e. The van der Waals surface area contributed by atoms with Crippen LogP contribution >= 0.6 is 15.9 Å². The van der Waals surface area contributed by atoms with Crippen LogP contribution in [-0.4, -0.2) is 47.2 Å². The number of hydrogen-bond acceptors (Lipinski definition) is 5. The third-order valence-electron chi connectivity index (χ3n) is 19.9. The van der Waals surface area contributed by atoms with Crippen molar-refractivity contribution in [3.63, 3.8) is 0 Å². The van der Waals surface area contributed by atoms with Crippen molar-refractivity contribution in [2.75, 3.05) is 7.11 Å². The summed E-state index contributed by atoms with van der Waals surface area (Å²) in [4.78, 5) is 0. The molecule has 1 aliphatic rings. The van der Waals surface area contributed by atoms with Crippen molar-refractivity contribution < 1.29 is 23.3 Å². The van der Waals surface area contributed by atoms with Crippen LogP contribution in [0.25, 0.3) is 0 Å². The monoisotopic (exact) mass is 1400 g/mol. The van der Waals surface area contributed by atoms with Crippen molar-refractivity contribution in [2.24, 2.45) is 0 Å². The second-order valence-corrected chi connectivity index (χ2v) is 40.4. The highest BCUT2D eigenvalue weighted by Crippen LogP contribution is 2.40. The average molecular weight is 1400 g/mol. The number of aryl methyl sites for hydroxylation is 1. The van der Waals surface area contributed by atoms with Gasteiger partial charge in [0.1, 0.15) is 11.5 Å². The van der Waals surface area contributed by atoms with Crippen molar-refractivity contribution in [1.29, 1.82) is 0 Å². The molecule has 9 rings (SSSR count). The average Bonchev–Trinajstić information content (AvgIpc) is 1.46. The molecule has 0 aromatic heterocycles. The van der Waals surface area contributed by atoms with E-state index in [0.29, 0.717) is 35.5 Å². The fourth-order valence-electron chi connectivity index (χ4n) is 11.0. The molecule has 0 bridgehead atoms. The van der Waals surface area contributed by atoms with Gasteiger partial charge in [-0.1, -0.05) is 299 Å². The van der Waals surface area contributed by atoms with Gasteiger partial charge in [0.15, 0.2) is 0 Å². The maximum atomic E-state index is 7.00. The third kappa shape index (κ3) is 29.3. The molecule has 1 aliphatic heterocycles. The Hall–Kier alpha value is -5.78. The van der Waals surface area contributed by atoms with Gasteiger partial charge in [-0.05, 0) is 222 Å². The van der Waals surface area contributed by atoms with E-state index < -0.39 is 16.6 Å². The van der Waals surface area contributed by atoms with Crippen LogP contribution < -0.4 is 8.85 Å². The summed E-state index contributed by atoms with van der Waals surface area (Å²) in [5.74, 6) is 5.85. The van der Waals surface area contributed by atoms with Crippen molar-refractivity contribution in [3.05, 3.63) is 274 Å². The van der Waals surface area contributed by atoms with Crippen molar-refractivity contribution in [2.45, 2.75) is 246 Å². The molecule has 1 saturated heterocycles. The molecular weight excluding hydrogens is 1270 g/mol. The lowest BCUT2D eigenvalue weighted by Gasteiger charge is -2.36. The van der Waals surface area contributed by atoms with Crippen LogP contribution in [0.3, 0.4) is 0 Å². The maximum absolute atomic E-state index is 7.00. The van der Waals surface area contributed by atoms with Crippen molar-refractivity contribution in [3.8, 4) is 11.5 Å². The molecule has 8 aromatic carbocycles. The highest BCUT2D eigenvalue weighted by molar-refractivity contribution is 9.10. The molecule has 1 fully saturated rings. The van der Waals surface area contributed by atoms with Gasteiger partial charge in [-0.25, -0.2) is 0 Å². The molecule has 0 radical (unpaired) electrons. The first-order valence-electron chi connectivity index (χ1n) is 35.5. The number of hydrogen-bond donors (Lipinski definition) is 1. The van der Waals surface area contributed by atoms with E-state index in [-0.39, 0.29) is 28.4 Å². The molecule has 0 saturated carbocycles. The molecular formula is C87H126BBrO5Si2. The van der Waals surface area contributed by atoms with Gasteiger partial charge in [0.25, 0.3) is 0 Å². The van der Waals surface area contributed by atoms with Crippen LogP contribution in [0.15, 0.2) is 235 Å².